The minimum atomic E-state index is -3.69. The van der Waals surface area contributed by atoms with Gasteiger partial charge in [-0.15, -0.1) is 0 Å². The SMILES string of the molecule is O=S(=O)(Cl)c1cccc(OCCl)c1. The summed E-state index contributed by atoms with van der Waals surface area (Å²) in [5.74, 6) is 0.372. The predicted octanol–water partition coefficient (Wildman–Crippen LogP) is 2.19. The molecule has 13 heavy (non-hydrogen) atoms. The van der Waals surface area contributed by atoms with E-state index in [4.69, 9.17) is 27.0 Å². The summed E-state index contributed by atoms with van der Waals surface area (Å²) in [5, 5.41) is 0. The third-order valence-corrected chi connectivity index (χ3v) is 2.77. The Balaban J connectivity index is 3.06. The van der Waals surface area contributed by atoms with Gasteiger partial charge in [-0.3, -0.25) is 0 Å². The second-order valence-corrected chi connectivity index (χ2v) is 4.95. The Labute approximate surface area is 85.6 Å². The zero-order valence-electron chi connectivity index (χ0n) is 6.41. The van der Waals surface area contributed by atoms with Gasteiger partial charge in [0.05, 0.1) is 4.90 Å². The van der Waals surface area contributed by atoms with Gasteiger partial charge in [0.1, 0.15) is 5.75 Å². The van der Waals surface area contributed by atoms with Crippen molar-refractivity contribution in [2.45, 2.75) is 4.90 Å². The van der Waals surface area contributed by atoms with Crippen LogP contribution in [0.25, 0.3) is 0 Å². The fraction of sp³-hybridized carbons (Fsp3) is 0.143. The number of alkyl halides is 1. The molecule has 0 N–H and O–H groups in total. The number of rotatable bonds is 3. The molecular formula is C7H6Cl2O3S. The average Bonchev–Trinajstić information content (AvgIpc) is 2.04. The van der Waals surface area contributed by atoms with Crippen LogP contribution in [0.3, 0.4) is 0 Å². The Morgan fingerprint density at radius 1 is 1.38 bits per heavy atom. The molecule has 0 saturated heterocycles. The van der Waals surface area contributed by atoms with E-state index in [1.807, 2.05) is 0 Å². The quantitative estimate of drug-likeness (QED) is 0.601. The lowest BCUT2D eigenvalue weighted by Gasteiger charge is -2.02. The van der Waals surface area contributed by atoms with Crippen LogP contribution in [0.5, 0.6) is 5.75 Å². The van der Waals surface area contributed by atoms with E-state index in [9.17, 15) is 8.42 Å². The van der Waals surface area contributed by atoms with Crippen molar-refractivity contribution in [1.82, 2.24) is 0 Å². The van der Waals surface area contributed by atoms with Crippen LogP contribution in [0.2, 0.25) is 0 Å². The van der Waals surface area contributed by atoms with Crippen molar-refractivity contribution in [1.29, 1.82) is 0 Å². The first-order valence-corrected chi connectivity index (χ1v) is 6.12. The standard InChI is InChI=1S/C7H6Cl2O3S/c8-5-12-6-2-1-3-7(4-6)13(9,10)11/h1-4H,5H2. The molecule has 1 aromatic rings. The topological polar surface area (TPSA) is 43.4 Å². The van der Waals surface area contributed by atoms with E-state index in [0.29, 0.717) is 5.75 Å². The highest BCUT2D eigenvalue weighted by molar-refractivity contribution is 8.13. The maximum Gasteiger partial charge on any atom is 0.261 e. The average molecular weight is 241 g/mol. The van der Waals surface area contributed by atoms with Crippen molar-refractivity contribution < 1.29 is 13.2 Å². The molecular weight excluding hydrogens is 235 g/mol. The second-order valence-electron chi connectivity index (χ2n) is 2.17. The van der Waals surface area contributed by atoms with E-state index in [2.05, 4.69) is 0 Å². The maximum atomic E-state index is 10.9. The van der Waals surface area contributed by atoms with Crippen molar-refractivity contribution in [3.63, 3.8) is 0 Å². The molecule has 0 aromatic heterocycles. The Morgan fingerprint density at radius 3 is 2.62 bits per heavy atom. The van der Waals surface area contributed by atoms with Crippen molar-refractivity contribution in [2.75, 3.05) is 6.07 Å². The fourth-order valence-electron chi connectivity index (χ4n) is 0.779. The molecule has 0 radical (unpaired) electrons. The van der Waals surface area contributed by atoms with Crippen LogP contribution in [0, 0.1) is 0 Å². The summed E-state index contributed by atoms with van der Waals surface area (Å²) < 4.78 is 26.6. The first-order chi connectivity index (χ1) is 6.04. The van der Waals surface area contributed by atoms with Gasteiger partial charge in [-0.05, 0) is 12.1 Å². The fourth-order valence-corrected chi connectivity index (χ4v) is 1.69. The molecule has 0 spiro atoms. The predicted molar refractivity (Wildman–Crippen MR) is 50.8 cm³/mol. The summed E-state index contributed by atoms with van der Waals surface area (Å²) in [4.78, 5) is -0.00298. The lowest BCUT2D eigenvalue weighted by atomic mass is 10.3. The normalized spacial score (nSPS) is 11.2. The van der Waals surface area contributed by atoms with E-state index >= 15 is 0 Å². The zero-order chi connectivity index (χ0) is 9.90. The van der Waals surface area contributed by atoms with Gasteiger partial charge in [0.2, 0.25) is 0 Å². The second kappa shape index (κ2) is 4.17. The molecule has 3 nitrogen and oxygen atoms in total. The van der Waals surface area contributed by atoms with Crippen LogP contribution in [0.4, 0.5) is 0 Å². The van der Waals surface area contributed by atoms with Gasteiger partial charge in [0.25, 0.3) is 9.05 Å². The van der Waals surface area contributed by atoms with Gasteiger partial charge in [0.15, 0.2) is 6.07 Å². The molecule has 6 heteroatoms. The lowest BCUT2D eigenvalue weighted by Crippen LogP contribution is -1.93. The summed E-state index contributed by atoms with van der Waals surface area (Å²) in [6.07, 6.45) is 0. The Morgan fingerprint density at radius 2 is 2.08 bits per heavy atom. The Bertz CT molecular complexity index is 388. The van der Waals surface area contributed by atoms with Crippen LogP contribution in [-0.4, -0.2) is 14.5 Å². The zero-order valence-corrected chi connectivity index (χ0v) is 8.73. The van der Waals surface area contributed by atoms with Crippen molar-refractivity contribution >= 4 is 31.3 Å². The molecule has 0 aliphatic rings. The van der Waals surface area contributed by atoms with Gasteiger partial charge in [-0.2, -0.15) is 0 Å². The third-order valence-electron chi connectivity index (χ3n) is 1.31. The molecule has 1 rings (SSSR count). The van der Waals surface area contributed by atoms with Crippen molar-refractivity contribution in [2.24, 2.45) is 0 Å². The smallest absolute Gasteiger partial charge is 0.261 e. The monoisotopic (exact) mass is 240 g/mol. The highest BCUT2D eigenvalue weighted by Crippen LogP contribution is 2.20. The molecule has 72 valence electrons. The maximum absolute atomic E-state index is 10.9. The molecule has 0 heterocycles. The summed E-state index contributed by atoms with van der Waals surface area (Å²) in [6, 6.07) is 5.77. The van der Waals surface area contributed by atoms with Crippen LogP contribution < -0.4 is 4.74 Å². The summed E-state index contributed by atoms with van der Waals surface area (Å²) >= 11 is 5.30. The summed E-state index contributed by atoms with van der Waals surface area (Å²) in [7, 11) is 1.42. The van der Waals surface area contributed by atoms with E-state index < -0.39 is 9.05 Å². The van der Waals surface area contributed by atoms with Crippen LogP contribution in [0.15, 0.2) is 29.2 Å². The van der Waals surface area contributed by atoms with E-state index in [0.717, 1.165) is 0 Å². The number of ether oxygens (including phenoxy) is 1. The molecule has 0 atom stereocenters. The molecule has 0 aliphatic heterocycles. The van der Waals surface area contributed by atoms with E-state index in [1.165, 1.54) is 18.2 Å². The number of benzene rings is 1. The molecule has 0 fully saturated rings. The first kappa shape index (κ1) is 10.6. The Hall–Kier alpha value is -0.450. The van der Waals surface area contributed by atoms with Crippen LogP contribution >= 0.6 is 22.3 Å². The van der Waals surface area contributed by atoms with Gasteiger partial charge >= 0.3 is 0 Å². The molecule has 0 amide bonds. The van der Waals surface area contributed by atoms with Gasteiger partial charge in [0, 0.05) is 16.7 Å². The number of hydrogen-bond donors (Lipinski definition) is 0. The minimum absolute atomic E-state index is 0.00298. The van der Waals surface area contributed by atoms with Crippen LogP contribution in [-0.2, 0) is 9.05 Å². The largest absolute Gasteiger partial charge is 0.478 e. The third kappa shape index (κ3) is 3.06. The first-order valence-electron chi connectivity index (χ1n) is 3.27. The van der Waals surface area contributed by atoms with Crippen molar-refractivity contribution in [3.05, 3.63) is 24.3 Å². The van der Waals surface area contributed by atoms with Crippen LogP contribution in [0.1, 0.15) is 0 Å². The molecule has 0 aliphatic carbocycles. The van der Waals surface area contributed by atoms with Gasteiger partial charge in [-0.1, -0.05) is 17.7 Å². The lowest BCUT2D eigenvalue weighted by molar-refractivity contribution is 0.387. The van der Waals surface area contributed by atoms with Gasteiger partial charge in [-0.25, -0.2) is 8.42 Å². The van der Waals surface area contributed by atoms with E-state index in [-0.39, 0.29) is 11.0 Å². The van der Waals surface area contributed by atoms with E-state index in [1.54, 1.807) is 6.07 Å². The number of halogens is 2. The summed E-state index contributed by atoms with van der Waals surface area (Å²) in [6.45, 7) is 0. The molecule has 0 saturated carbocycles. The van der Waals surface area contributed by atoms with Gasteiger partial charge < -0.3 is 4.74 Å². The van der Waals surface area contributed by atoms with Crippen molar-refractivity contribution in [3.8, 4) is 5.75 Å². The molecule has 0 bridgehead atoms. The summed E-state index contributed by atoms with van der Waals surface area (Å²) in [5.41, 5.74) is 0. The minimum Gasteiger partial charge on any atom is -0.478 e. The molecule has 0 unspecified atom stereocenters. The number of hydrogen-bond acceptors (Lipinski definition) is 3. The molecule has 1 aromatic carbocycles. The highest BCUT2D eigenvalue weighted by atomic mass is 35.7. The Kier molecular flexibility index (Phi) is 3.41. The highest BCUT2D eigenvalue weighted by Gasteiger charge is 2.09.